The Bertz CT molecular complexity index is 1140. The predicted octanol–water partition coefficient (Wildman–Crippen LogP) is 4.99. The van der Waals surface area contributed by atoms with E-state index >= 15 is 0 Å². The number of aromatic nitrogens is 1. The molecule has 1 aliphatic heterocycles. The first-order valence-corrected chi connectivity index (χ1v) is 9.68. The number of benzene rings is 2. The van der Waals surface area contributed by atoms with Crippen molar-refractivity contribution in [2.45, 2.75) is 6.92 Å². The largest absolute Gasteiger partial charge is 0.481 e. The molecule has 0 atom stereocenters. The van der Waals surface area contributed by atoms with Crippen molar-refractivity contribution in [1.29, 1.82) is 0 Å². The number of hydrogen-bond acceptors (Lipinski definition) is 5. The van der Waals surface area contributed by atoms with E-state index in [-0.39, 0.29) is 18.4 Å². The van der Waals surface area contributed by atoms with Crippen LogP contribution in [0.1, 0.15) is 16.1 Å². The lowest BCUT2D eigenvalue weighted by molar-refractivity contribution is 0.0983. The van der Waals surface area contributed by atoms with Crippen molar-refractivity contribution >= 4 is 40.3 Å². The van der Waals surface area contributed by atoms with Crippen LogP contribution >= 0.6 is 11.6 Å². The SMILES string of the molecule is CNc1cc(F)ccc1N1CN(c2ccc(OC)nc2C)C(=O)c2cc(Cl)ccc21. The van der Waals surface area contributed by atoms with Crippen LogP contribution in [-0.4, -0.2) is 31.7 Å². The maximum atomic E-state index is 13.8. The second-order valence-electron chi connectivity index (χ2n) is 6.83. The molecule has 0 aliphatic carbocycles. The number of methoxy groups -OCH3 is 1. The Morgan fingerprint density at radius 2 is 1.80 bits per heavy atom. The summed E-state index contributed by atoms with van der Waals surface area (Å²) in [5, 5.41) is 3.49. The Balaban J connectivity index is 1.88. The molecule has 30 heavy (non-hydrogen) atoms. The molecule has 1 N–H and O–H groups in total. The smallest absolute Gasteiger partial charge is 0.261 e. The van der Waals surface area contributed by atoms with E-state index < -0.39 is 0 Å². The summed E-state index contributed by atoms with van der Waals surface area (Å²) in [6.07, 6.45) is 0. The molecule has 1 aromatic heterocycles. The van der Waals surface area contributed by atoms with Crippen molar-refractivity contribution in [3.8, 4) is 5.88 Å². The number of carbonyl (C=O) groups is 1. The van der Waals surface area contributed by atoms with Gasteiger partial charge in [-0.05, 0) is 49.4 Å². The van der Waals surface area contributed by atoms with Crippen LogP contribution in [0.25, 0.3) is 0 Å². The number of fused-ring (bicyclic) bond motifs is 1. The zero-order valence-corrected chi connectivity index (χ0v) is 17.5. The lowest BCUT2D eigenvalue weighted by Crippen LogP contribution is -2.45. The molecular formula is C22H20ClFN4O2. The summed E-state index contributed by atoms with van der Waals surface area (Å²) in [6, 6.07) is 13.2. The van der Waals surface area contributed by atoms with Gasteiger partial charge in [-0.15, -0.1) is 0 Å². The molecule has 2 heterocycles. The topological polar surface area (TPSA) is 57.7 Å². The van der Waals surface area contributed by atoms with Gasteiger partial charge >= 0.3 is 0 Å². The second kappa shape index (κ2) is 7.84. The lowest BCUT2D eigenvalue weighted by Gasteiger charge is -2.39. The fraction of sp³-hybridized carbons (Fsp3) is 0.182. The number of anilines is 4. The third kappa shape index (κ3) is 3.41. The fourth-order valence-electron chi connectivity index (χ4n) is 3.61. The molecule has 1 amide bonds. The molecule has 3 aromatic rings. The van der Waals surface area contributed by atoms with E-state index in [1.54, 1.807) is 55.5 Å². The first-order chi connectivity index (χ1) is 14.4. The highest BCUT2D eigenvalue weighted by molar-refractivity contribution is 6.31. The van der Waals surface area contributed by atoms with E-state index in [1.165, 1.54) is 12.1 Å². The van der Waals surface area contributed by atoms with Crippen molar-refractivity contribution in [1.82, 2.24) is 4.98 Å². The number of pyridine rings is 1. The monoisotopic (exact) mass is 426 g/mol. The van der Waals surface area contributed by atoms with E-state index in [0.29, 0.717) is 39.2 Å². The average molecular weight is 427 g/mol. The van der Waals surface area contributed by atoms with Gasteiger partial charge in [0.15, 0.2) is 0 Å². The summed E-state index contributed by atoms with van der Waals surface area (Å²) in [5.74, 6) is -0.0662. The third-order valence-electron chi connectivity index (χ3n) is 5.06. The third-order valence-corrected chi connectivity index (χ3v) is 5.29. The number of amides is 1. The zero-order chi connectivity index (χ0) is 21.4. The first-order valence-electron chi connectivity index (χ1n) is 9.31. The molecule has 1 aliphatic rings. The molecule has 154 valence electrons. The summed E-state index contributed by atoms with van der Waals surface area (Å²) < 4.78 is 19.0. The summed E-state index contributed by atoms with van der Waals surface area (Å²) >= 11 is 6.20. The zero-order valence-electron chi connectivity index (χ0n) is 16.7. The Morgan fingerprint density at radius 1 is 1.07 bits per heavy atom. The fourth-order valence-corrected chi connectivity index (χ4v) is 3.78. The molecule has 0 radical (unpaired) electrons. The average Bonchev–Trinajstić information content (AvgIpc) is 2.74. The van der Waals surface area contributed by atoms with Gasteiger partial charge in [-0.3, -0.25) is 9.69 Å². The molecular weight excluding hydrogens is 407 g/mol. The molecule has 4 rings (SSSR count). The van der Waals surface area contributed by atoms with Crippen LogP contribution in [0, 0.1) is 12.7 Å². The lowest BCUT2D eigenvalue weighted by atomic mass is 10.1. The van der Waals surface area contributed by atoms with Crippen LogP contribution in [0.5, 0.6) is 5.88 Å². The number of halogens is 2. The molecule has 0 unspecified atom stereocenters. The highest BCUT2D eigenvalue weighted by Crippen LogP contribution is 2.40. The number of nitrogens with one attached hydrogen (secondary N) is 1. The second-order valence-corrected chi connectivity index (χ2v) is 7.27. The van der Waals surface area contributed by atoms with Crippen molar-refractivity contribution in [3.05, 3.63) is 70.6 Å². The summed E-state index contributed by atoms with van der Waals surface area (Å²) in [6.45, 7) is 2.04. The van der Waals surface area contributed by atoms with E-state index in [9.17, 15) is 9.18 Å². The Morgan fingerprint density at radius 3 is 2.50 bits per heavy atom. The molecule has 6 nitrogen and oxygen atoms in total. The summed E-state index contributed by atoms with van der Waals surface area (Å²) in [4.78, 5) is 21.3. The van der Waals surface area contributed by atoms with E-state index in [2.05, 4.69) is 10.3 Å². The number of ether oxygens (including phenoxy) is 1. The van der Waals surface area contributed by atoms with Crippen molar-refractivity contribution in [3.63, 3.8) is 0 Å². The maximum Gasteiger partial charge on any atom is 0.261 e. The van der Waals surface area contributed by atoms with Crippen molar-refractivity contribution in [2.75, 3.05) is 35.9 Å². The minimum atomic E-state index is -0.348. The van der Waals surface area contributed by atoms with Gasteiger partial charge in [0.05, 0.1) is 41.1 Å². The van der Waals surface area contributed by atoms with Gasteiger partial charge in [0.25, 0.3) is 5.91 Å². The molecule has 0 spiro atoms. The minimum absolute atomic E-state index is 0.188. The predicted molar refractivity (Wildman–Crippen MR) is 117 cm³/mol. The Labute approximate surface area is 178 Å². The van der Waals surface area contributed by atoms with Crippen LogP contribution in [0.3, 0.4) is 0 Å². The number of nitrogens with zero attached hydrogens (tertiary/aromatic N) is 3. The molecule has 0 saturated carbocycles. The van der Waals surface area contributed by atoms with E-state index in [4.69, 9.17) is 16.3 Å². The number of rotatable bonds is 4. The number of hydrogen-bond donors (Lipinski definition) is 1. The van der Waals surface area contributed by atoms with Gasteiger partial charge in [0.1, 0.15) is 12.5 Å². The Kier molecular flexibility index (Phi) is 5.22. The normalized spacial score (nSPS) is 13.3. The summed E-state index contributed by atoms with van der Waals surface area (Å²) in [5.41, 5.74) is 3.80. The van der Waals surface area contributed by atoms with Gasteiger partial charge in [0, 0.05) is 18.1 Å². The minimum Gasteiger partial charge on any atom is -0.481 e. The van der Waals surface area contributed by atoms with Gasteiger partial charge < -0.3 is 15.0 Å². The standard InChI is InChI=1S/C22H20ClFN4O2/c1-13-18(8-9-21(26-13)30-3)28-12-27(20-7-5-15(24)11-17(20)25-2)19-6-4-14(23)10-16(19)22(28)29/h4-11,25H,12H2,1-3H3. The molecule has 2 aromatic carbocycles. The maximum absolute atomic E-state index is 13.8. The van der Waals surface area contributed by atoms with Gasteiger partial charge in [-0.2, -0.15) is 0 Å². The molecule has 0 fully saturated rings. The van der Waals surface area contributed by atoms with Crippen LogP contribution in [0.4, 0.5) is 27.1 Å². The number of aryl methyl sites for hydroxylation is 1. The van der Waals surface area contributed by atoms with Gasteiger partial charge in [-0.1, -0.05) is 11.6 Å². The quantitative estimate of drug-likeness (QED) is 0.637. The highest BCUT2D eigenvalue weighted by atomic mass is 35.5. The van der Waals surface area contributed by atoms with Crippen LogP contribution in [-0.2, 0) is 0 Å². The molecule has 0 saturated heterocycles. The number of carbonyl (C=O) groups excluding carboxylic acids is 1. The van der Waals surface area contributed by atoms with Crippen LogP contribution in [0.15, 0.2) is 48.5 Å². The summed E-state index contributed by atoms with van der Waals surface area (Å²) in [7, 11) is 3.27. The molecule has 8 heteroatoms. The first kappa shape index (κ1) is 20.0. The van der Waals surface area contributed by atoms with Gasteiger partial charge in [-0.25, -0.2) is 9.37 Å². The molecule has 0 bridgehead atoms. The van der Waals surface area contributed by atoms with E-state index in [1.807, 2.05) is 11.8 Å². The van der Waals surface area contributed by atoms with Crippen LogP contribution in [0.2, 0.25) is 5.02 Å². The van der Waals surface area contributed by atoms with E-state index in [0.717, 1.165) is 5.69 Å². The highest BCUT2D eigenvalue weighted by Gasteiger charge is 2.33. The van der Waals surface area contributed by atoms with Crippen LogP contribution < -0.4 is 19.9 Å². The van der Waals surface area contributed by atoms with Crippen molar-refractivity contribution < 1.29 is 13.9 Å². The van der Waals surface area contributed by atoms with Gasteiger partial charge in [0.2, 0.25) is 5.88 Å². The van der Waals surface area contributed by atoms with Crippen molar-refractivity contribution in [2.24, 2.45) is 0 Å². The Hall–Kier alpha value is -3.32.